The molecule has 0 bridgehead atoms. The summed E-state index contributed by atoms with van der Waals surface area (Å²) >= 11 is 0. The lowest BCUT2D eigenvalue weighted by Gasteiger charge is -2.31. The van der Waals surface area contributed by atoms with Crippen LogP contribution in [0.25, 0.3) is 0 Å². The number of carbonyl (C=O) groups excluding carboxylic acids is 1. The number of hydrogen-bond acceptors (Lipinski definition) is 3. The molecule has 0 saturated heterocycles. The number of esters is 1. The van der Waals surface area contributed by atoms with Gasteiger partial charge in [0.1, 0.15) is 6.61 Å². The molecule has 26 heavy (non-hydrogen) atoms. The fourth-order valence-electron chi connectivity index (χ4n) is 3.12. The van der Waals surface area contributed by atoms with Crippen molar-refractivity contribution in [1.82, 2.24) is 0 Å². The highest BCUT2D eigenvalue weighted by molar-refractivity contribution is 5.85. The Labute approximate surface area is 154 Å². The van der Waals surface area contributed by atoms with Gasteiger partial charge in [0.05, 0.1) is 0 Å². The molecule has 0 aliphatic heterocycles. The topological polar surface area (TPSA) is 35.5 Å². The predicted molar refractivity (Wildman–Crippen MR) is 102 cm³/mol. The van der Waals surface area contributed by atoms with E-state index in [0.717, 1.165) is 22.3 Å². The van der Waals surface area contributed by atoms with Gasteiger partial charge in [-0.25, -0.2) is 4.79 Å². The SMILES string of the molecule is COC(C(=O)OCc1cccc(C)c1)(c1ccccc1)c1ccccc1. The molecule has 0 unspecified atom stereocenters. The molecule has 3 rings (SSSR count). The standard InChI is InChI=1S/C23H22O3/c1-18-10-9-11-19(16-18)17-26-22(24)23(25-2,20-12-5-3-6-13-20)21-14-7-4-8-15-21/h3-16H,17H2,1-2H3. The van der Waals surface area contributed by atoms with E-state index in [0.29, 0.717) is 0 Å². The average Bonchev–Trinajstić information content (AvgIpc) is 2.69. The molecule has 3 aromatic rings. The van der Waals surface area contributed by atoms with Crippen molar-refractivity contribution in [3.05, 3.63) is 107 Å². The lowest BCUT2D eigenvalue weighted by Crippen LogP contribution is -2.40. The third-order valence-electron chi connectivity index (χ3n) is 4.41. The zero-order chi connectivity index (χ0) is 18.4. The quantitative estimate of drug-likeness (QED) is 0.611. The Balaban J connectivity index is 1.96. The highest BCUT2D eigenvalue weighted by atomic mass is 16.6. The number of ether oxygens (including phenoxy) is 2. The van der Waals surface area contributed by atoms with Gasteiger partial charge in [-0.3, -0.25) is 0 Å². The molecule has 0 saturated carbocycles. The smallest absolute Gasteiger partial charge is 0.348 e. The van der Waals surface area contributed by atoms with Gasteiger partial charge in [-0.15, -0.1) is 0 Å². The second-order valence-electron chi connectivity index (χ2n) is 6.18. The molecule has 0 aliphatic carbocycles. The van der Waals surface area contributed by atoms with Crippen LogP contribution in [0.15, 0.2) is 84.9 Å². The van der Waals surface area contributed by atoms with Crippen molar-refractivity contribution in [3.63, 3.8) is 0 Å². The zero-order valence-corrected chi connectivity index (χ0v) is 15.0. The monoisotopic (exact) mass is 346 g/mol. The summed E-state index contributed by atoms with van der Waals surface area (Å²) in [6.45, 7) is 2.21. The highest BCUT2D eigenvalue weighted by Gasteiger charge is 2.44. The van der Waals surface area contributed by atoms with Crippen LogP contribution in [0.3, 0.4) is 0 Å². The normalized spacial score (nSPS) is 11.2. The van der Waals surface area contributed by atoms with E-state index in [1.54, 1.807) is 0 Å². The first-order valence-corrected chi connectivity index (χ1v) is 8.56. The molecule has 0 heterocycles. The van der Waals surface area contributed by atoms with Gasteiger partial charge in [0.25, 0.3) is 0 Å². The van der Waals surface area contributed by atoms with Gasteiger partial charge < -0.3 is 9.47 Å². The first-order valence-electron chi connectivity index (χ1n) is 8.56. The molecule has 0 aromatic heterocycles. The maximum atomic E-state index is 13.2. The Morgan fingerprint density at radius 2 is 1.42 bits per heavy atom. The number of aryl methyl sites for hydroxylation is 1. The highest BCUT2D eigenvalue weighted by Crippen LogP contribution is 2.34. The van der Waals surface area contributed by atoms with E-state index >= 15 is 0 Å². The maximum Gasteiger partial charge on any atom is 0.348 e. The summed E-state index contributed by atoms with van der Waals surface area (Å²) in [7, 11) is 1.54. The second-order valence-corrected chi connectivity index (χ2v) is 6.18. The number of carbonyl (C=O) groups is 1. The van der Waals surface area contributed by atoms with Gasteiger partial charge in [-0.1, -0.05) is 90.5 Å². The van der Waals surface area contributed by atoms with Crippen LogP contribution in [0.4, 0.5) is 0 Å². The minimum atomic E-state index is -1.30. The molecule has 0 N–H and O–H groups in total. The fraction of sp³-hybridized carbons (Fsp3) is 0.174. The van der Waals surface area contributed by atoms with Crippen molar-refractivity contribution in [2.45, 2.75) is 19.1 Å². The molecule has 0 amide bonds. The van der Waals surface area contributed by atoms with E-state index in [1.807, 2.05) is 91.9 Å². The summed E-state index contributed by atoms with van der Waals surface area (Å²) in [5.74, 6) is -0.432. The van der Waals surface area contributed by atoms with Crippen LogP contribution < -0.4 is 0 Å². The third-order valence-corrected chi connectivity index (χ3v) is 4.41. The minimum absolute atomic E-state index is 0.200. The predicted octanol–water partition coefficient (Wildman–Crippen LogP) is 4.63. The van der Waals surface area contributed by atoms with Gasteiger partial charge in [0, 0.05) is 7.11 Å². The molecule has 0 radical (unpaired) electrons. The van der Waals surface area contributed by atoms with Crippen molar-refractivity contribution in [2.24, 2.45) is 0 Å². The molecule has 0 aliphatic rings. The Kier molecular flexibility index (Phi) is 5.49. The third kappa shape index (κ3) is 3.53. The van der Waals surface area contributed by atoms with Crippen molar-refractivity contribution in [1.29, 1.82) is 0 Å². The summed E-state index contributed by atoms with van der Waals surface area (Å²) in [6.07, 6.45) is 0. The lowest BCUT2D eigenvalue weighted by molar-refractivity contribution is -0.166. The number of benzene rings is 3. The molecule has 3 heteroatoms. The van der Waals surface area contributed by atoms with Gasteiger partial charge in [-0.05, 0) is 23.6 Å². The van der Waals surface area contributed by atoms with E-state index in [9.17, 15) is 4.79 Å². The molecule has 0 atom stereocenters. The molecule has 3 nitrogen and oxygen atoms in total. The molecule has 132 valence electrons. The lowest BCUT2D eigenvalue weighted by atomic mass is 9.86. The van der Waals surface area contributed by atoms with E-state index in [1.165, 1.54) is 7.11 Å². The first kappa shape index (κ1) is 17.9. The first-order chi connectivity index (χ1) is 12.7. The molecule has 0 spiro atoms. The van der Waals surface area contributed by atoms with Crippen LogP contribution in [0, 0.1) is 6.92 Å². The van der Waals surface area contributed by atoms with Crippen LogP contribution in [0.2, 0.25) is 0 Å². The maximum absolute atomic E-state index is 13.2. The minimum Gasteiger partial charge on any atom is -0.458 e. The van der Waals surface area contributed by atoms with Crippen LogP contribution in [-0.4, -0.2) is 13.1 Å². The molecular formula is C23H22O3. The van der Waals surface area contributed by atoms with E-state index in [-0.39, 0.29) is 6.61 Å². The van der Waals surface area contributed by atoms with Crippen molar-refractivity contribution < 1.29 is 14.3 Å². The Morgan fingerprint density at radius 1 is 0.846 bits per heavy atom. The summed E-state index contributed by atoms with van der Waals surface area (Å²) in [5.41, 5.74) is 2.25. The van der Waals surface area contributed by atoms with Crippen LogP contribution >= 0.6 is 0 Å². The summed E-state index contributed by atoms with van der Waals surface area (Å²) in [6, 6.07) is 26.8. The number of rotatable bonds is 6. The van der Waals surface area contributed by atoms with E-state index < -0.39 is 11.6 Å². The van der Waals surface area contributed by atoms with Crippen molar-refractivity contribution >= 4 is 5.97 Å². The fourth-order valence-corrected chi connectivity index (χ4v) is 3.12. The molecular weight excluding hydrogens is 324 g/mol. The Hall–Kier alpha value is -2.91. The number of methoxy groups -OCH3 is 1. The summed E-state index contributed by atoms with van der Waals surface area (Å²) < 4.78 is 11.5. The summed E-state index contributed by atoms with van der Waals surface area (Å²) in [4.78, 5) is 13.2. The van der Waals surface area contributed by atoms with Crippen LogP contribution in [0.5, 0.6) is 0 Å². The van der Waals surface area contributed by atoms with Crippen LogP contribution in [0.1, 0.15) is 22.3 Å². The van der Waals surface area contributed by atoms with E-state index in [2.05, 4.69) is 0 Å². The largest absolute Gasteiger partial charge is 0.458 e. The van der Waals surface area contributed by atoms with Gasteiger partial charge >= 0.3 is 5.97 Å². The molecule has 0 fully saturated rings. The van der Waals surface area contributed by atoms with Crippen molar-refractivity contribution in [3.8, 4) is 0 Å². The van der Waals surface area contributed by atoms with Crippen LogP contribution in [-0.2, 0) is 26.5 Å². The van der Waals surface area contributed by atoms with E-state index in [4.69, 9.17) is 9.47 Å². The Morgan fingerprint density at radius 3 is 1.92 bits per heavy atom. The van der Waals surface area contributed by atoms with Gasteiger partial charge in [0.2, 0.25) is 5.60 Å². The van der Waals surface area contributed by atoms with Gasteiger partial charge in [-0.2, -0.15) is 0 Å². The summed E-state index contributed by atoms with van der Waals surface area (Å²) in [5, 5.41) is 0. The number of hydrogen-bond donors (Lipinski definition) is 0. The Bertz CT molecular complexity index is 817. The zero-order valence-electron chi connectivity index (χ0n) is 15.0. The second kappa shape index (κ2) is 7.98. The van der Waals surface area contributed by atoms with Crippen molar-refractivity contribution in [2.75, 3.05) is 7.11 Å². The van der Waals surface area contributed by atoms with Gasteiger partial charge in [0.15, 0.2) is 0 Å². The average molecular weight is 346 g/mol. The molecule has 3 aromatic carbocycles.